The first-order valence-electron chi connectivity index (χ1n) is 6.37. The Morgan fingerprint density at radius 2 is 1.95 bits per heavy atom. The molecule has 0 amide bonds. The fourth-order valence-corrected chi connectivity index (χ4v) is 3.28. The molecule has 20 heavy (non-hydrogen) atoms. The third-order valence-corrected chi connectivity index (χ3v) is 4.58. The summed E-state index contributed by atoms with van der Waals surface area (Å²) >= 11 is 0. The Kier molecular flexibility index (Phi) is 4.25. The minimum Gasteiger partial charge on any atom is -0.361 e. The van der Waals surface area contributed by atoms with Gasteiger partial charge in [0.2, 0.25) is 10.0 Å². The average Bonchev–Trinajstić information content (AvgIpc) is 2.78. The summed E-state index contributed by atoms with van der Waals surface area (Å²) in [6.45, 7) is 5.77. The highest BCUT2D eigenvalue weighted by atomic mass is 32.2. The summed E-state index contributed by atoms with van der Waals surface area (Å²) < 4.78 is 32.1. The normalized spacial score (nSPS) is 11.8. The molecule has 0 radical (unpaired) electrons. The maximum absolute atomic E-state index is 12.2. The number of nitrogens with zero attached hydrogens (tertiary/aromatic N) is 1. The van der Waals surface area contributed by atoms with Gasteiger partial charge in [0.15, 0.2) is 0 Å². The lowest BCUT2D eigenvalue weighted by molar-refractivity contribution is 0.379. The number of aryl methyl sites for hydroxylation is 3. The minimum absolute atomic E-state index is 0.282. The van der Waals surface area contributed by atoms with Crippen LogP contribution >= 0.6 is 0 Å². The Bertz CT molecular complexity index is 705. The molecule has 108 valence electrons. The van der Waals surface area contributed by atoms with Crippen molar-refractivity contribution < 1.29 is 12.9 Å². The third kappa shape index (κ3) is 3.46. The molecule has 2 aromatic rings. The Hall–Kier alpha value is -1.66. The second-order valence-corrected chi connectivity index (χ2v) is 6.59. The lowest BCUT2D eigenvalue weighted by atomic mass is 10.2. The quantitative estimate of drug-likeness (QED) is 0.917. The van der Waals surface area contributed by atoms with Gasteiger partial charge >= 0.3 is 0 Å². The third-order valence-electron chi connectivity index (χ3n) is 2.97. The Morgan fingerprint density at radius 1 is 1.20 bits per heavy atom. The first-order chi connectivity index (χ1) is 9.38. The topological polar surface area (TPSA) is 72.2 Å². The second-order valence-electron chi connectivity index (χ2n) is 4.85. The van der Waals surface area contributed by atoms with Gasteiger partial charge in [0.1, 0.15) is 5.76 Å². The standard InChI is InChI=1S/C14H18N2O3S/c1-10-4-5-11(2)14(8-10)20(17,18)15-7-6-13-9-12(3)16-19-13/h4-5,8-9,15H,6-7H2,1-3H3. The number of hydrogen-bond donors (Lipinski definition) is 1. The monoisotopic (exact) mass is 294 g/mol. The van der Waals surface area contributed by atoms with Crippen LogP contribution < -0.4 is 4.72 Å². The minimum atomic E-state index is -3.49. The first kappa shape index (κ1) is 14.7. The van der Waals surface area contributed by atoms with E-state index in [2.05, 4.69) is 9.88 Å². The molecule has 5 nitrogen and oxygen atoms in total. The molecule has 0 bridgehead atoms. The molecule has 2 rings (SSSR count). The molecule has 0 saturated carbocycles. The van der Waals surface area contributed by atoms with E-state index in [-0.39, 0.29) is 6.54 Å². The second kappa shape index (κ2) is 5.76. The van der Waals surface area contributed by atoms with Crippen molar-refractivity contribution in [2.75, 3.05) is 6.54 Å². The van der Waals surface area contributed by atoms with E-state index in [1.165, 1.54) is 0 Å². The molecule has 0 spiro atoms. The number of hydrogen-bond acceptors (Lipinski definition) is 4. The Labute approximate surface area is 119 Å². The maximum atomic E-state index is 12.2. The molecule has 0 aliphatic heterocycles. The molecule has 0 saturated heterocycles. The smallest absolute Gasteiger partial charge is 0.240 e. The highest BCUT2D eigenvalue weighted by molar-refractivity contribution is 7.89. The van der Waals surface area contributed by atoms with E-state index < -0.39 is 10.0 Å². The maximum Gasteiger partial charge on any atom is 0.240 e. The van der Waals surface area contributed by atoms with E-state index in [4.69, 9.17) is 4.52 Å². The van der Waals surface area contributed by atoms with E-state index in [0.29, 0.717) is 17.1 Å². The van der Waals surface area contributed by atoms with Crippen LogP contribution in [0, 0.1) is 20.8 Å². The summed E-state index contributed by atoms with van der Waals surface area (Å²) in [5.74, 6) is 0.672. The van der Waals surface area contributed by atoms with Gasteiger partial charge in [-0.15, -0.1) is 0 Å². The molecule has 1 heterocycles. The van der Waals surface area contributed by atoms with Gasteiger partial charge < -0.3 is 4.52 Å². The van der Waals surface area contributed by atoms with Crippen molar-refractivity contribution in [2.24, 2.45) is 0 Å². The Morgan fingerprint density at radius 3 is 2.60 bits per heavy atom. The fourth-order valence-electron chi connectivity index (χ4n) is 1.92. The zero-order valence-corrected chi connectivity index (χ0v) is 12.6. The van der Waals surface area contributed by atoms with Gasteiger partial charge in [-0.05, 0) is 38.0 Å². The predicted octanol–water partition coefficient (Wildman–Crippen LogP) is 2.12. The van der Waals surface area contributed by atoms with Gasteiger partial charge in [-0.2, -0.15) is 0 Å². The van der Waals surface area contributed by atoms with Crippen LogP contribution in [0.15, 0.2) is 33.7 Å². The largest absolute Gasteiger partial charge is 0.361 e. The van der Waals surface area contributed by atoms with Crippen molar-refractivity contribution in [2.45, 2.75) is 32.1 Å². The average molecular weight is 294 g/mol. The van der Waals surface area contributed by atoms with Crippen LogP contribution in [0.4, 0.5) is 0 Å². The molecule has 0 atom stereocenters. The molecule has 6 heteroatoms. The van der Waals surface area contributed by atoms with E-state index in [0.717, 1.165) is 16.8 Å². The highest BCUT2D eigenvalue weighted by Gasteiger charge is 2.16. The molecule has 1 N–H and O–H groups in total. The van der Waals surface area contributed by atoms with Gasteiger partial charge in [-0.1, -0.05) is 17.3 Å². The van der Waals surface area contributed by atoms with Gasteiger partial charge in [-0.3, -0.25) is 0 Å². The zero-order chi connectivity index (χ0) is 14.8. The number of rotatable bonds is 5. The molecule has 0 fully saturated rings. The summed E-state index contributed by atoms with van der Waals surface area (Å²) in [5.41, 5.74) is 2.44. The fraction of sp³-hybridized carbons (Fsp3) is 0.357. The molecule has 0 aliphatic carbocycles. The lowest BCUT2D eigenvalue weighted by Gasteiger charge is -2.09. The molecular weight excluding hydrogens is 276 g/mol. The van der Waals surface area contributed by atoms with Crippen molar-refractivity contribution in [1.82, 2.24) is 9.88 Å². The van der Waals surface area contributed by atoms with E-state index >= 15 is 0 Å². The van der Waals surface area contributed by atoms with Crippen molar-refractivity contribution in [1.29, 1.82) is 0 Å². The van der Waals surface area contributed by atoms with E-state index in [1.54, 1.807) is 19.1 Å². The number of benzene rings is 1. The molecule has 1 aromatic carbocycles. The van der Waals surface area contributed by atoms with Gasteiger partial charge in [0.05, 0.1) is 10.6 Å². The molecule has 1 aromatic heterocycles. The number of sulfonamides is 1. The van der Waals surface area contributed by atoms with Gasteiger partial charge in [-0.25, -0.2) is 13.1 Å². The molecule has 0 aliphatic rings. The summed E-state index contributed by atoms with van der Waals surface area (Å²) in [7, 11) is -3.49. The molecule has 0 unspecified atom stereocenters. The first-order valence-corrected chi connectivity index (χ1v) is 7.86. The molecular formula is C14H18N2O3S. The number of aromatic nitrogens is 1. The van der Waals surface area contributed by atoms with Crippen LogP contribution in [-0.2, 0) is 16.4 Å². The number of nitrogens with one attached hydrogen (secondary N) is 1. The van der Waals surface area contributed by atoms with Crippen LogP contribution in [0.5, 0.6) is 0 Å². The van der Waals surface area contributed by atoms with Crippen molar-refractivity contribution in [3.8, 4) is 0 Å². The Balaban J connectivity index is 2.06. The zero-order valence-electron chi connectivity index (χ0n) is 11.8. The summed E-state index contributed by atoms with van der Waals surface area (Å²) in [6.07, 6.45) is 0.477. The van der Waals surface area contributed by atoms with Crippen LogP contribution in [0.2, 0.25) is 0 Å². The van der Waals surface area contributed by atoms with Crippen LogP contribution in [0.25, 0.3) is 0 Å². The van der Waals surface area contributed by atoms with Gasteiger partial charge in [0.25, 0.3) is 0 Å². The van der Waals surface area contributed by atoms with Crippen molar-refractivity contribution in [3.05, 3.63) is 46.8 Å². The van der Waals surface area contributed by atoms with Gasteiger partial charge in [0, 0.05) is 19.0 Å². The highest BCUT2D eigenvalue weighted by Crippen LogP contribution is 2.16. The van der Waals surface area contributed by atoms with E-state index in [1.807, 2.05) is 26.0 Å². The van der Waals surface area contributed by atoms with Crippen LogP contribution in [-0.4, -0.2) is 20.1 Å². The summed E-state index contributed by atoms with van der Waals surface area (Å²) in [4.78, 5) is 0.325. The van der Waals surface area contributed by atoms with Crippen LogP contribution in [0.3, 0.4) is 0 Å². The predicted molar refractivity (Wildman–Crippen MR) is 76.0 cm³/mol. The summed E-state index contributed by atoms with van der Waals surface area (Å²) in [5, 5.41) is 3.76. The van der Waals surface area contributed by atoms with Crippen LogP contribution in [0.1, 0.15) is 22.6 Å². The lowest BCUT2D eigenvalue weighted by Crippen LogP contribution is -2.26. The van der Waals surface area contributed by atoms with Crippen molar-refractivity contribution in [3.63, 3.8) is 0 Å². The van der Waals surface area contributed by atoms with E-state index in [9.17, 15) is 8.42 Å². The summed E-state index contributed by atoms with van der Waals surface area (Å²) in [6, 6.07) is 7.18. The van der Waals surface area contributed by atoms with Crippen molar-refractivity contribution >= 4 is 10.0 Å². The SMILES string of the molecule is Cc1ccc(C)c(S(=O)(=O)NCCc2cc(C)no2)c1.